The largest absolute Gasteiger partial charge is 0.371 e. The molecular formula is C11H13ClO. The quantitative estimate of drug-likeness (QED) is 0.633. The Morgan fingerprint density at radius 3 is 2.92 bits per heavy atom. The molecule has 0 bridgehead atoms. The number of hydrogen-bond donors (Lipinski definition) is 1. The summed E-state index contributed by atoms with van der Waals surface area (Å²) in [5.74, 6) is 0.103. The standard InChI is InChI=1S/C11H13ClO/c1-7-3-4-9-6-8(2)11(12,13)10(9)5-7/h3-5,8,13H,6H2,1-2H3. The summed E-state index contributed by atoms with van der Waals surface area (Å²) in [6, 6.07) is 6.09. The Morgan fingerprint density at radius 2 is 2.23 bits per heavy atom. The van der Waals surface area contributed by atoms with Crippen LogP contribution in [-0.2, 0) is 11.5 Å². The number of hydrogen-bond acceptors (Lipinski definition) is 1. The molecule has 0 heterocycles. The number of alkyl halides is 1. The Labute approximate surface area is 83.3 Å². The summed E-state index contributed by atoms with van der Waals surface area (Å²) in [6.07, 6.45) is 0.871. The molecule has 0 radical (unpaired) electrons. The van der Waals surface area contributed by atoms with Crippen molar-refractivity contribution in [3.8, 4) is 0 Å². The van der Waals surface area contributed by atoms with E-state index in [1.165, 1.54) is 5.56 Å². The van der Waals surface area contributed by atoms with Gasteiger partial charge in [-0.05, 0) is 18.9 Å². The molecule has 2 rings (SSSR count). The zero-order chi connectivity index (χ0) is 9.64. The van der Waals surface area contributed by atoms with Gasteiger partial charge in [0.15, 0.2) is 5.06 Å². The summed E-state index contributed by atoms with van der Waals surface area (Å²) >= 11 is 6.08. The van der Waals surface area contributed by atoms with Gasteiger partial charge in [-0.2, -0.15) is 0 Å². The highest BCUT2D eigenvalue weighted by molar-refractivity contribution is 6.23. The molecule has 0 fully saturated rings. The van der Waals surface area contributed by atoms with Gasteiger partial charge in [-0.3, -0.25) is 0 Å². The average molecular weight is 197 g/mol. The lowest BCUT2D eigenvalue weighted by Gasteiger charge is -2.20. The summed E-state index contributed by atoms with van der Waals surface area (Å²) in [4.78, 5) is 0. The normalized spacial score (nSPS) is 31.8. The fourth-order valence-corrected chi connectivity index (χ4v) is 2.18. The van der Waals surface area contributed by atoms with Crippen LogP contribution in [0.4, 0.5) is 0 Å². The molecule has 1 aromatic rings. The third kappa shape index (κ3) is 1.27. The van der Waals surface area contributed by atoms with E-state index >= 15 is 0 Å². The first kappa shape index (κ1) is 9.04. The number of halogens is 1. The van der Waals surface area contributed by atoms with E-state index in [0.29, 0.717) is 0 Å². The van der Waals surface area contributed by atoms with E-state index < -0.39 is 5.06 Å². The topological polar surface area (TPSA) is 20.2 Å². The molecule has 0 aromatic heterocycles. The highest BCUT2D eigenvalue weighted by Crippen LogP contribution is 2.44. The third-order valence-electron chi connectivity index (χ3n) is 2.82. The number of fused-ring (bicyclic) bond motifs is 1. The lowest BCUT2D eigenvalue weighted by atomic mass is 10.0. The van der Waals surface area contributed by atoms with Gasteiger partial charge in [0, 0.05) is 11.5 Å². The number of rotatable bonds is 0. The number of aryl methyl sites for hydroxylation is 1. The van der Waals surface area contributed by atoms with Crippen molar-refractivity contribution < 1.29 is 5.11 Å². The van der Waals surface area contributed by atoms with Crippen LogP contribution in [0.1, 0.15) is 23.6 Å². The minimum absolute atomic E-state index is 0.103. The van der Waals surface area contributed by atoms with Crippen LogP contribution in [0.25, 0.3) is 0 Å². The smallest absolute Gasteiger partial charge is 0.167 e. The van der Waals surface area contributed by atoms with E-state index in [-0.39, 0.29) is 5.92 Å². The predicted molar refractivity (Wildman–Crippen MR) is 53.8 cm³/mol. The first-order valence-corrected chi connectivity index (χ1v) is 4.91. The average Bonchev–Trinajstić information content (AvgIpc) is 2.27. The minimum atomic E-state index is -1.15. The van der Waals surface area contributed by atoms with E-state index in [4.69, 9.17) is 11.6 Å². The summed E-state index contributed by atoms with van der Waals surface area (Å²) in [5.41, 5.74) is 3.21. The van der Waals surface area contributed by atoms with Gasteiger partial charge in [0.1, 0.15) is 0 Å². The van der Waals surface area contributed by atoms with Crippen LogP contribution in [0.3, 0.4) is 0 Å². The fraction of sp³-hybridized carbons (Fsp3) is 0.455. The van der Waals surface area contributed by atoms with Gasteiger partial charge in [0.25, 0.3) is 0 Å². The van der Waals surface area contributed by atoms with Crippen molar-refractivity contribution in [1.29, 1.82) is 0 Å². The molecule has 1 aromatic carbocycles. The molecule has 0 aliphatic heterocycles. The van der Waals surface area contributed by atoms with Crippen molar-refractivity contribution in [2.75, 3.05) is 0 Å². The van der Waals surface area contributed by atoms with E-state index in [1.807, 2.05) is 19.9 Å². The summed E-state index contributed by atoms with van der Waals surface area (Å²) < 4.78 is 0. The van der Waals surface area contributed by atoms with Crippen LogP contribution < -0.4 is 0 Å². The van der Waals surface area contributed by atoms with Crippen molar-refractivity contribution in [2.45, 2.75) is 25.3 Å². The molecule has 2 unspecified atom stereocenters. The molecule has 70 valence electrons. The van der Waals surface area contributed by atoms with Gasteiger partial charge < -0.3 is 5.11 Å². The van der Waals surface area contributed by atoms with Gasteiger partial charge in [-0.25, -0.2) is 0 Å². The van der Waals surface area contributed by atoms with Crippen LogP contribution >= 0.6 is 11.6 Å². The van der Waals surface area contributed by atoms with Crippen molar-refractivity contribution in [3.05, 3.63) is 34.9 Å². The first-order chi connectivity index (χ1) is 6.01. The monoisotopic (exact) mass is 196 g/mol. The molecular weight excluding hydrogens is 184 g/mol. The van der Waals surface area contributed by atoms with Gasteiger partial charge >= 0.3 is 0 Å². The molecule has 1 nitrogen and oxygen atoms in total. The summed E-state index contributed by atoms with van der Waals surface area (Å²) in [6.45, 7) is 3.98. The minimum Gasteiger partial charge on any atom is -0.371 e. The lowest BCUT2D eigenvalue weighted by molar-refractivity contribution is 0.0839. The fourth-order valence-electron chi connectivity index (χ4n) is 1.93. The number of aliphatic hydroxyl groups is 1. The second-order valence-electron chi connectivity index (χ2n) is 3.94. The zero-order valence-corrected chi connectivity index (χ0v) is 8.60. The van der Waals surface area contributed by atoms with Crippen molar-refractivity contribution in [2.24, 2.45) is 5.92 Å². The van der Waals surface area contributed by atoms with Crippen LogP contribution in [0.2, 0.25) is 0 Å². The maximum Gasteiger partial charge on any atom is 0.167 e. The second kappa shape index (κ2) is 2.73. The predicted octanol–water partition coefficient (Wildman–Crippen LogP) is 2.57. The van der Waals surface area contributed by atoms with Crippen LogP contribution in [0.5, 0.6) is 0 Å². The Kier molecular flexibility index (Phi) is 1.90. The number of benzene rings is 1. The van der Waals surface area contributed by atoms with E-state index in [9.17, 15) is 5.11 Å². The maximum atomic E-state index is 10.0. The van der Waals surface area contributed by atoms with Crippen LogP contribution in [0.15, 0.2) is 18.2 Å². The molecule has 0 saturated heterocycles. The van der Waals surface area contributed by atoms with Crippen molar-refractivity contribution in [3.63, 3.8) is 0 Å². The highest BCUT2D eigenvalue weighted by atomic mass is 35.5. The Hall–Kier alpha value is -0.530. The lowest BCUT2D eigenvalue weighted by Crippen LogP contribution is -2.21. The Balaban J connectivity index is 2.57. The molecule has 1 aliphatic carbocycles. The molecule has 2 heteroatoms. The summed E-state index contributed by atoms with van der Waals surface area (Å²) in [7, 11) is 0. The molecule has 0 spiro atoms. The Morgan fingerprint density at radius 1 is 1.54 bits per heavy atom. The van der Waals surface area contributed by atoms with Crippen LogP contribution in [0, 0.1) is 12.8 Å². The molecule has 13 heavy (non-hydrogen) atoms. The van der Waals surface area contributed by atoms with E-state index in [2.05, 4.69) is 12.1 Å². The maximum absolute atomic E-state index is 10.0. The molecule has 0 amide bonds. The zero-order valence-electron chi connectivity index (χ0n) is 7.84. The Bertz CT molecular complexity index is 344. The second-order valence-corrected chi connectivity index (χ2v) is 4.52. The van der Waals surface area contributed by atoms with Crippen LogP contribution in [-0.4, -0.2) is 5.11 Å². The SMILES string of the molecule is Cc1ccc2c(c1)C(O)(Cl)C(C)C2. The van der Waals surface area contributed by atoms with Gasteiger partial charge in [-0.1, -0.05) is 42.3 Å². The van der Waals surface area contributed by atoms with Crippen molar-refractivity contribution in [1.82, 2.24) is 0 Å². The molecule has 1 N–H and O–H groups in total. The summed E-state index contributed by atoms with van der Waals surface area (Å²) in [5, 5.41) is 8.85. The van der Waals surface area contributed by atoms with E-state index in [0.717, 1.165) is 17.5 Å². The van der Waals surface area contributed by atoms with Crippen molar-refractivity contribution >= 4 is 11.6 Å². The molecule has 0 saturated carbocycles. The van der Waals surface area contributed by atoms with Gasteiger partial charge in [0.2, 0.25) is 0 Å². The van der Waals surface area contributed by atoms with E-state index in [1.54, 1.807) is 0 Å². The third-order valence-corrected chi connectivity index (χ3v) is 3.40. The first-order valence-electron chi connectivity index (χ1n) is 4.53. The van der Waals surface area contributed by atoms with Gasteiger partial charge in [0.05, 0.1) is 0 Å². The molecule has 1 aliphatic rings. The molecule has 2 atom stereocenters. The highest BCUT2D eigenvalue weighted by Gasteiger charge is 2.40. The van der Waals surface area contributed by atoms with Gasteiger partial charge in [-0.15, -0.1) is 0 Å².